The molecule has 0 unspecified atom stereocenters. The average molecular weight is 310 g/mol. The Morgan fingerprint density at radius 3 is 2.67 bits per heavy atom. The lowest BCUT2D eigenvalue weighted by molar-refractivity contribution is -0.132. The largest absolute Gasteiger partial charge is 0.476 e. The van der Waals surface area contributed by atoms with Crippen LogP contribution in [0.4, 0.5) is 0 Å². The molecule has 21 heavy (non-hydrogen) atoms. The quantitative estimate of drug-likeness (QED) is 0.846. The molecule has 116 valence electrons. The van der Waals surface area contributed by atoms with Gasteiger partial charge in [0.05, 0.1) is 5.01 Å². The van der Waals surface area contributed by atoms with Crippen LogP contribution in [0.15, 0.2) is 5.38 Å². The summed E-state index contributed by atoms with van der Waals surface area (Å²) >= 11 is 1.32. The smallest absolute Gasteiger partial charge is 0.355 e. The fraction of sp³-hybridized carbons (Fsp3) is 0.667. The van der Waals surface area contributed by atoms with Crippen molar-refractivity contribution in [2.45, 2.75) is 46.0 Å². The summed E-state index contributed by atoms with van der Waals surface area (Å²) in [6.45, 7) is 4.54. The number of thiazole rings is 1. The lowest BCUT2D eigenvalue weighted by atomic mass is 9.77. The molecule has 1 aliphatic carbocycles. The molecule has 0 aliphatic heterocycles. The highest BCUT2D eigenvalue weighted by atomic mass is 32.1. The molecule has 1 heterocycles. The van der Waals surface area contributed by atoms with E-state index in [0.29, 0.717) is 18.9 Å². The molecule has 2 rings (SSSR count). The van der Waals surface area contributed by atoms with Crippen LogP contribution in [0.3, 0.4) is 0 Å². The zero-order chi connectivity index (χ0) is 15.5. The van der Waals surface area contributed by atoms with E-state index in [1.165, 1.54) is 29.6 Å². The van der Waals surface area contributed by atoms with Gasteiger partial charge < -0.3 is 10.4 Å². The molecule has 0 aromatic carbocycles. The van der Waals surface area contributed by atoms with Crippen molar-refractivity contribution in [2.75, 3.05) is 6.54 Å². The number of nitrogens with one attached hydrogen (secondary N) is 1. The molecule has 1 aromatic rings. The molecule has 0 atom stereocenters. The van der Waals surface area contributed by atoms with Gasteiger partial charge in [-0.05, 0) is 18.8 Å². The predicted molar refractivity (Wildman–Crippen MR) is 81.5 cm³/mol. The fourth-order valence-corrected chi connectivity index (χ4v) is 3.64. The van der Waals surface area contributed by atoms with E-state index in [1.807, 2.05) is 13.8 Å². The van der Waals surface area contributed by atoms with E-state index in [0.717, 1.165) is 17.8 Å². The van der Waals surface area contributed by atoms with Crippen molar-refractivity contribution in [2.24, 2.45) is 11.3 Å². The lowest BCUT2D eigenvalue weighted by Crippen LogP contribution is -2.41. The van der Waals surface area contributed by atoms with Gasteiger partial charge in [0.25, 0.3) is 0 Å². The van der Waals surface area contributed by atoms with Crippen LogP contribution >= 0.6 is 11.3 Å². The van der Waals surface area contributed by atoms with Gasteiger partial charge in [0.15, 0.2) is 5.69 Å². The van der Waals surface area contributed by atoms with Gasteiger partial charge in [-0.2, -0.15) is 0 Å². The van der Waals surface area contributed by atoms with E-state index in [2.05, 4.69) is 10.3 Å². The lowest BCUT2D eigenvalue weighted by Gasteiger charge is -2.30. The Hall–Kier alpha value is -1.43. The van der Waals surface area contributed by atoms with Crippen molar-refractivity contribution < 1.29 is 14.7 Å². The Morgan fingerprint density at radius 2 is 2.10 bits per heavy atom. The Labute approximate surface area is 128 Å². The normalized spacial score (nSPS) is 16.1. The molecule has 1 aliphatic rings. The van der Waals surface area contributed by atoms with Crippen LogP contribution in [0.2, 0.25) is 0 Å². The SMILES string of the molecule is CC(C)(C(=O)NCCc1nc(C(=O)O)cs1)C1CCCC1. The number of carbonyl (C=O) groups is 2. The molecule has 5 nitrogen and oxygen atoms in total. The topological polar surface area (TPSA) is 79.3 Å². The van der Waals surface area contributed by atoms with E-state index in [9.17, 15) is 9.59 Å². The predicted octanol–water partition coefficient (Wildman–Crippen LogP) is 2.72. The van der Waals surface area contributed by atoms with Crippen LogP contribution in [0.1, 0.15) is 55.0 Å². The highest BCUT2D eigenvalue weighted by Crippen LogP contribution is 2.39. The molecule has 1 amide bonds. The average Bonchev–Trinajstić information content (AvgIpc) is 3.10. The van der Waals surface area contributed by atoms with Crippen LogP contribution in [0, 0.1) is 11.3 Å². The second-order valence-electron chi connectivity index (χ2n) is 6.14. The van der Waals surface area contributed by atoms with Gasteiger partial charge in [0.1, 0.15) is 0 Å². The maximum atomic E-state index is 12.3. The number of hydrogen-bond acceptors (Lipinski definition) is 4. The van der Waals surface area contributed by atoms with Gasteiger partial charge in [0.2, 0.25) is 5.91 Å². The minimum atomic E-state index is -1.01. The van der Waals surface area contributed by atoms with Crippen molar-refractivity contribution in [3.05, 3.63) is 16.1 Å². The molecule has 1 saturated carbocycles. The number of carbonyl (C=O) groups excluding carboxylic acids is 1. The molecule has 2 N–H and O–H groups in total. The summed E-state index contributed by atoms with van der Waals surface area (Å²) in [6, 6.07) is 0. The first-order chi connectivity index (χ1) is 9.91. The molecule has 1 fully saturated rings. The minimum Gasteiger partial charge on any atom is -0.476 e. The second-order valence-corrected chi connectivity index (χ2v) is 7.08. The molecule has 0 spiro atoms. The van der Waals surface area contributed by atoms with E-state index in [-0.39, 0.29) is 17.0 Å². The highest BCUT2D eigenvalue weighted by Gasteiger charge is 2.37. The summed E-state index contributed by atoms with van der Waals surface area (Å²) in [4.78, 5) is 27.1. The standard InChI is InChI=1S/C15H22N2O3S/c1-15(2,10-5-3-4-6-10)14(20)16-8-7-12-17-11(9-21-12)13(18)19/h9-10H,3-8H2,1-2H3,(H,16,20)(H,18,19). The van der Waals surface area contributed by atoms with Crippen molar-refractivity contribution in [3.63, 3.8) is 0 Å². The van der Waals surface area contributed by atoms with Gasteiger partial charge in [-0.15, -0.1) is 11.3 Å². The van der Waals surface area contributed by atoms with Crippen LogP contribution < -0.4 is 5.32 Å². The Kier molecular flexibility index (Phi) is 4.98. The monoisotopic (exact) mass is 310 g/mol. The van der Waals surface area contributed by atoms with Crippen molar-refractivity contribution >= 4 is 23.2 Å². The Morgan fingerprint density at radius 1 is 1.43 bits per heavy atom. The van der Waals surface area contributed by atoms with Gasteiger partial charge in [-0.3, -0.25) is 4.79 Å². The number of hydrogen-bond donors (Lipinski definition) is 2. The third-order valence-electron chi connectivity index (χ3n) is 4.36. The summed E-state index contributed by atoms with van der Waals surface area (Å²) in [6.07, 6.45) is 5.28. The molecule has 0 radical (unpaired) electrons. The number of aromatic nitrogens is 1. The number of nitrogens with zero attached hydrogens (tertiary/aromatic N) is 1. The first kappa shape index (κ1) is 15.9. The summed E-state index contributed by atoms with van der Waals surface area (Å²) in [5.74, 6) is -0.454. The summed E-state index contributed by atoms with van der Waals surface area (Å²) in [7, 11) is 0. The van der Waals surface area contributed by atoms with Crippen molar-refractivity contribution in [1.29, 1.82) is 0 Å². The van der Waals surface area contributed by atoms with Gasteiger partial charge in [-0.1, -0.05) is 26.7 Å². The van der Waals surface area contributed by atoms with Crippen LogP contribution in [0.5, 0.6) is 0 Å². The third kappa shape index (κ3) is 3.81. The van der Waals surface area contributed by atoms with Crippen LogP contribution in [-0.2, 0) is 11.2 Å². The molecular weight excluding hydrogens is 288 g/mol. The maximum Gasteiger partial charge on any atom is 0.355 e. The summed E-state index contributed by atoms with van der Waals surface area (Å²) < 4.78 is 0. The zero-order valence-electron chi connectivity index (χ0n) is 12.5. The number of amides is 1. The molecular formula is C15H22N2O3S. The summed E-state index contributed by atoms with van der Waals surface area (Å²) in [5.41, 5.74) is -0.251. The van der Waals surface area contributed by atoms with Crippen molar-refractivity contribution in [1.82, 2.24) is 10.3 Å². The van der Waals surface area contributed by atoms with Gasteiger partial charge >= 0.3 is 5.97 Å². The van der Waals surface area contributed by atoms with Crippen LogP contribution in [0.25, 0.3) is 0 Å². The zero-order valence-corrected chi connectivity index (χ0v) is 13.3. The molecule has 0 saturated heterocycles. The number of rotatable bonds is 6. The highest BCUT2D eigenvalue weighted by molar-refractivity contribution is 7.09. The van der Waals surface area contributed by atoms with Crippen molar-refractivity contribution in [3.8, 4) is 0 Å². The number of aromatic carboxylic acids is 1. The third-order valence-corrected chi connectivity index (χ3v) is 5.26. The van der Waals surface area contributed by atoms with E-state index in [4.69, 9.17) is 5.11 Å². The van der Waals surface area contributed by atoms with E-state index in [1.54, 1.807) is 0 Å². The maximum absolute atomic E-state index is 12.3. The first-order valence-corrected chi connectivity index (χ1v) is 8.25. The van der Waals surface area contributed by atoms with E-state index >= 15 is 0 Å². The van der Waals surface area contributed by atoms with Gasteiger partial charge in [-0.25, -0.2) is 9.78 Å². The first-order valence-electron chi connectivity index (χ1n) is 7.37. The minimum absolute atomic E-state index is 0.0765. The van der Waals surface area contributed by atoms with Crippen LogP contribution in [-0.4, -0.2) is 28.5 Å². The molecule has 6 heteroatoms. The second kappa shape index (κ2) is 6.56. The van der Waals surface area contributed by atoms with E-state index < -0.39 is 5.97 Å². The molecule has 0 bridgehead atoms. The Bertz CT molecular complexity index is 519. The molecule has 1 aromatic heterocycles. The fourth-order valence-electron chi connectivity index (χ4n) is 2.87. The Balaban J connectivity index is 1.81. The van der Waals surface area contributed by atoms with Gasteiger partial charge in [0, 0.05) is 23.8 Å². The summed E-state index contributed by atoms with van der Waals surface area (Å²) in [5, 5.41) is 14.1. The number of carboxylic acids is 1. The number of carboxylic acid groups (broad SMARTS) is 1.